The maximum absolute atomic E-state index is 12.5. The van der Waals surface area contributed by atoms with Crippen LogP contribution in [0.3, 0.4) is 0 Å². The second-order valence-electron chi connectivity index (χ2n) is 11.0. The first-order chi connectivity index (χ1) is 17.7. The smallest absolute Gasteiger partial charge is 0.410 e. The molecule has 0 aromatic carbocycles. The number of pyridine rings is 1. The fourth-order valence-corrected chi connectivity index (χ4v) is 4.73. The summed E-state index contributed by atoms with van der Waals surface area (Å²) in [5.41, 5.74) is 0.511. The quantitative estimate of drug-likeness (QED) is 0.544. The predicted octanol–water partition coefficient (Wildman–Crippen LogP) is 4.20. The number of hydrogen-bond acceptors (Lipinski definition) is 9. The average molecular weight is 508 g/mol. The molecule has 0 atom stereocenters. The van der Waals surface area contributed by atoms with Crippen LogP contribution < -0.4 is 15.1 Å². The van der Waals surface area contributed by atoms with E-state index in [-0.39, 0.29) is 12.1 Å². The molecule has 0 saturated carbocycles. The Bertz CT molecular complexity index is 1250. The number of ether oxygens (including phenoxy) is 1. The van der Waals surface area contributed by atoms with Crippen molar-refractivity contribution in [1.82, 2.24) is 29.6 Å². The molecule has 0 spiro atoms. The number of amides is 1. The molecule has 3 aromatic heterocycles. The van der Waals surface area contributed by atoms with Crippen LogP contribution in [0, 0.1) is 0 Å². The summed E-state index contributed by atoms with van der Waals surface area (Å²) in [6.07, 6.45) is 5.72. The molecule has 3 aromatic rings. The zero-order valence-corrected chi connectivity index (χ0v) is 22.4. The minimum atomic E-state index is -0.504. The van der Waals surface area contributed by atoms with Gasteiger partial charge in [0.2, 0.25) is 5.95 Å². The number of carbonyl (C=O) groups is 1. The Morgan fingerprint density at radius 2 is 1.59 bits per heavy atom. The summed E-state index contributed by atoms with van der Waals surface area (Å²) in [7, 11) is 0. The van der Waals surface area contributed by atoms with Gasteiger partial charge in [-0.25, -0.2) is 9.78 Å². The molecule has 2 fully saturated rings. The Morgan fingerprint density at radius 1 is 0.946 bits per heavy atom. The van der Waals surface area contributed by atoms with E-state index in [1.165, 1.54) is 0 Å². The Kier molecular flexibility index (Phi) is 6.78. The van der Waals surface area contributed by atoms with Crippen molar-refractivity contribution in [3.05, 3.63) is 24.5 Å². The standard InChI is InChI=1S/C26H37N9O2/c1-18(2)35-20-14-21(27-16-19(20)17-28-35)29-24-30-22(32-8-6-7-9-32)15-23(31-24)33-10-12-34(13-11-33)25(36)37-26(3,4)5/h14-18H,6-13H2,1-5H3,(H,27,29,30,31). The highest BCUT2D eigenvalue weighted by Crippen LogP contribution is 2.27. The first kappa shape index (κ1) is 25.0. The van der Waals surface area contributed by atoms with E-state index in [1.807, 2.05) is 43.9 Å². The lowest BCUT2D eigenvalue weighted by molar-refractivity contribution is 0.0240. The highest BCUT2D eigenvalue weighted by atomic mass is 16.6. The first-order valence-electron chi connectivity index (χ1n) is 13.1. The SMILES string of the molecule is CC(C)n1ncc2cnc(Nc3nc(N4CCCC4)cc(N4CCN(C(=O)OC(C)(C)C)CC4)n3)cc21. The van der Waals surface area contributed by atoms with Gasteiger partial charge in [-0.3, -0.25) is 4.68 Å². The highest BCUT2D eigenvalue weighted by molar-refractivity contribution is 5.81. The fourth-order valence-electron chi connectivity index (χ4n) is 4.73. The number of hydrogen-bond donors (Lipinski definition) is 1. The number of nitrogens with zero attached hydrogens (tertiary/aromatic N) is 8. The zero-order chi connectivity index (χ0) is 26.2. The van der Waals surface area contributed by atoms with Gasteiger partial charge in [0.05, 0.1) is 11.7 Å². The minimum Gasteiger partial charge on any atom is -0.444 e. The summed E-state index contributed by atoms with van der Waals surface area (Å²) in [6.45, 7) is 14.4. The molecule has 5 heterocycles. The van der Waals surface area contributed by atoms with Crippen LogP contribution >= 0.6 is 0 Å². The van der Waals surface area contributed by atoms with Gasteiger partial charge in [-0.15, -0.1) is 0 Å². The molecule has 5 rings (SSSR count). The highest BCUT2D eigenvalue weighted by Gasteiger charge is 2.27. The van der Waals surface area contributed by atoms with Crippen LogP contribution in [-0.2, 0) is 4.74 Å². The number of piperazine rings is 1. The van der Waals surface area contributed by atoms with Crippen LogP contribution in [0.15, 0.2) is 24.5 Å². The summed E-state index contributed by atoms with van der Waals surface area (Å²) in [4.78, 5) is 33.1. The van der Waals surface area contributed by atoms with E-state index < -0.39 is 5.60 Å². The van der Waals surface area contributed by atoms with Crippen molar-refractivity contribution in [2.24, 2.45) is 0 Å². The second kappa shape index (κ2) is 10.0. The molecule has 0 radical (unpaired) electrons. The van der Waals surface area contributed by atoms with Gasteiger partial charge in [-0.05, 0) is 47.5 Å². The van der Waals surface area contributed by atoms with E-state index in [2.05, 4.69) is 45.1 Å². The molecule has 37 heavy (non-hydrogen) atoms. The summed E-state index contributed by atoms with van der Waals surface area (Å²) in [5, 5.41) is 8.82. The Morgan fingerprint density at radius 3 is 2.22 bits per heavy atom. The van der Waals surface area contributed by atoms with Gasteiger partial charge >= 0.3 is 6.09 Å². The third-order valence-electron chi connectivity index (χ3n) is 6.59. The largest absolute Gasteiger partial charge is 0.444 e. The summed E-state index contributed by atoms with van der Waals surface area (Å²) >= 11 is 0. The van der Waals surface area contributed by atoms with Crippen LogP contribution in [0.5, 0.6) is 0 Å². The number of rotatable bonds is 5. The normalized spacial score (nSPS) is 16.6. The summed E-state index contributed by atoms with van der Waals surface area (Å²) in [5.74, 6) is 2.94. The van der Waals surface area contributed by atoms with Crippen LogP contribution in [0.25, 0.3) is 10.9 Å². The fraction of sp³-hybridized carbons (Fsp3) is 0.577. The van der Waals surface area contributed by atoms with Gasteiger partial charge in [0, 0.05) is 69.0 Å². The van der Waals surface area contributed by atoms with E-state index in [0.717, 1.165) is 48.5 Å². The predicted molar refractivity (Wildman–Crippen MR) is 145 cm³/mol. The van der Waals surface area contributed by atoms with Gasteiger partial charge in [0.15, 0.2) is 0 Å². The lowest BCUT2D eigenvalue weighted by atomic mass is 10.2. The molecule has 0 unspecified atom stereocenters. The molecule has 0 bridgehead atoms. The van der Waals surface area contributed by atoms with Crippen LogP contribution in [0.1, 0.15) is 53.5 Å². The maximum atomic E-state index is 12.5. The van der Waals surface area contributed by atoms with Gasteiger partial charge in [-0.2, -0.15) is 15.1 Å². The van der Waals surface area contributed by atoms with Crippen LogP contribution in [0.4, 0.5) is 28.2 Å². The topological polar surface area (TPSA) is 105 Å². The Hall–Kier alpha value is -3.63. The average Bonchev–Trinajstić information content (AvgIpc) is 3.53. The van der Waals surface area contributed by atoms with Crippen molar-refractivity contribution in [3.8, 4) is 0 Å². The van der Waals surface area contributed by atoms with Crippen molar-refractivity contribution in [2.45, 2.75) is 59.1 Å². The number of nitrogens with one attached hydrogen (secondary N) is 1. The second-order valence-corrected chi connectivity index (χ2v) is 11.0. The van der Waals surface area contributed by atoms with E-state index in [4.69, 9.17) is 14.7 Å². The third kappa shape index (κ3) is 5.70. The van der Waals surface area contributed by atoms with Crippen molar-refractivity contribution in [1.29, 1.82) is 0 Å². The van der Waals surface area contributed by atoms with E-state index in [9.17, 15) is 4.79 Å². The molecular formula is C26H37N9O2. The molecule has 1 amide bonds. The van der Waals surface area contributed by atoms with Crippen molar-refractivity contribution >= 4 is 40.4 Å². The van der Waals surface area contributed by atoms with Crippen LogP contribution in [-0.4, -0.2) is 80.6 Å². The molecule has 2 aliphatic heterocycles. The molecule has 11 heteroatoms. The molecule has 1 N–H and O–H groups in total. The molecular weight excluding hydrogens is 470 g/mol. The first-order valence-corrected chi connectivity index (χ1v) is 13.1. The monoisotopic (exact) mass is 507 g/mol. The summed E-state index contributed by atoms with van der Waals surface area (Å²) < 4.78 is 7.54. The molecule has 2 aliphatic rings. The third-order valence-corrected chi connectivity index (χ3v) is 6.59. The van der Waals surface area contributed by atoms with Gasteiger partial charge < -0.3 is 24.8 Å². The number of fused-ring (bicyclic) bond motifs is 1. The Labute approximate surface area is 217 Å². The minimum absolute atomic E-state index is 0.244. The van der Waals surface area contributed by atoms with Gasteiger partial charge in [0.25, 0.3) is 0 Å². The summed E-state index contributed by atoms with van der Waals surface area (Å²) in [6, 6.07) is 4.30. The molecule has 2 saturated heterocycles. The van der Waals surface area contributed by atoms with Gasteiger partial charge in [-0.1, -0.05) is 0 Å². The van der Waals surface area contributed by atoms with Crippen molar-refractivity contribution < 1.29 is 9.53 Å². The zero-order valence-electron chi connectivity index (χ0n) is 22.4. The van der Waals surface area contributed by atoms with E-state index >= 15 is 0 Å². The molecule has 0 aliphatic carbocycles. The van der Waals surface area contributed by atoms with E-state index in [1.54, 1.807) is 4.90 Å². The lowest BCUT2D eigenvalue weighted by Gasteiger charge is -2.36. The maximum Gasteiger partial charge on any atom is 0.410 e. The molecule has 11 nitrogen and oxygen atoms in total. The number of aromatic nitrogens is 5. The van der Waals surface area contributed by atoms with Gasteiger partial charge in [0.1, 0.15) is 23.1 Å². The number of anilines is 4. The van der Waals surface area contributed by atoms with Crippen molar-refractivity contribution in [3.63, 3.8) is 0 Å². The molecule has 198 valence electrons. The number of carbonyl (C=O) groups excluding carboxylic acids is 1. The van der Waals surface area contributed by atoms with Crippen LogP contribution in [0.2, 0.25) is 0 Å². The lowest BCUT2D eigenvalue weighted by Crippen LogP contribution is -2.50. The van der Waals surface area contributed by atoms with Crippen molar-refractivity contribution in [2.75, 3.05) is 54.4 Å². The Balaban J connectivity index is 1.37. The van der Waals surface area contributed by atoms with E-state index in [0.29, 0.717) is 37.9 Å².